The summed E-state index contributed by atoms with van der Waals surface area (Å²) in [7, 11) is 0. The lowest BCUT2D eigenvalue weighted by molar-refractivity contribution is -0.119. The van der Waals surface area contributed by atoms with E-state index in [1.807, 2.05) is 38.1 Å². The van der Waals surface area contributed by atoms with E-state index < -0.39 is 0 Å². The minimum absolute atomic E-state index is 0.0376. The number of hydrogen-bond acceptors (Lipinski definition) is 4. The molecule has 1 heterocycles. The lowest BCUT2D eigenvalue weighted by Crippen LogP contribution is -2.31. The van der Waals surface area contributed by atoms with Crippen LogP contribution in [0.25, 0.3) is 0 Å². The zero-order valence-corrected chi connectivity index (χ0v) is 16.8. The zero-order valence-electron chi connectivity index (χ0n) is 16.0. The Morgan fingerprint density at radius 1 is 1.14 bits per heavy atom. The van der Waals surface area contributed by atoms with E-state index in [4.69, 9.17) is 11.6 Å². The average molecular weight is 401 g/mol. The molecule has 0 saturated carbocycles. The molecule has 0 radical (unpaired) electrons. The van der Waals surface area contributed by atoms with Crippen molar-refractivity contribution in [3.05, 3.63) is 64.7 Å². The number of halogens is 1. The lowest BCUT2D eigenvalue weighted by atomic mass is 9.94. The molecule has 3 N–H and O–H groups in total. The predicted molar refractivity (Wildman–Crippen MR) is 111 cm³/mol. The van der Waals surface area contributed by atoms with Crippen molar-refractivity contribution in [2.24, 2.45) is 5.92 Å². The van der Waals surface area contributed by atoms with Gasteiger partial charge in [0.25, 0.3) is 5.91 Å². The highest BCUT2D eigenvalue weighted by molar-refractivity contribution is 6.30. The maximum absolute atomic E-state index is 12.9. The number of hydrazine groups is 1. The van der Waals surface area contributed by atoms with Gasteiger partial charge >= 0.3 is 0 Å². The molecule has 6 nitrogen and oxygen atoms in total. The first-order valence-corrected chi connectivity index (χ1v) is 9.85. The van der Waals surface area contributed by atoms with Crippen molar-refractivity contribution in [1.29, 1.82) is 0 Å². The minimum Gasteiger partial charge on any atom is -0.339 e. The summed E-state index contributed by atoms with van der Waals surface area (Å²) in [5.74, 6) is -0.433. The second-order valence-corrected chi connectivity index (χ2v) is 7.14. The molecular formula is C21H25ClN4O2. The first-order valence-electron chi connectivity index (χ1n) is 9.47. The number of carbonyl (C=O) groups is 2. The molecule has 28 heavy (non-hydrogen) atoms. The Balaban J connectivity index is 1.73. The van der Waals surface area contributed by atoms with Gasteiger partial charge in [0.15, 0.2) is 0 Å². The van der Waals surface area contributed by atoms with Gasteiger partial charge in [-0.15, -0.1) is 0 Å². The summed E-state index contributed by atoms with van der Waals surface area (Å²) in [6, 6.07) is 14.4. The van der Waals surface area contributed by atoms with Crippen LogP contribution in [0, 0.1) is 5.92 Å². The molecule has 0 aliphatic carbocycles. The largest absolute Gasteiger partial charge is 0.339 e. The van der Waals surface area contributed by atoms with Crippen molar-refractivity contribution >= 4 is 29.1 Å². The van der Waals surface area contributed by atoms with Gasteiger partial charge in [0.2, 0.25) is 5.91 Å². The van der Waals surface area contributed by atoms with Crippen molar-refractivity contribution in [2.45, 2.75) is 19.9 Å². The summed E-state index contributed by atoms with van der Waals surface area (Å²) in [5.41, 5.74) is 8.38. The molecule has 2 aromatic rings. The molecular weight excluding hydrogens is 376 g/mol. The zero-order chi connectivity index (χ0) is 20.1. The summed E-state index contributed by atoms with van der Waals surface area (Å²) in [4.78, 5) is 27.2. The van der Waals surface area contributed by atoms with Gasteiger partial charge in [0, 0.05) is 35.9 Å². The van der Waals surface area contributed by atoms with Gasteiger partial charge in [0.1, 0.15) is 0 Å². The number of carbonyl (C=O) groups excluding carboxylic acids is 2. The average Bonchev–Trinajstić information content (AvgIpc) is 3.19. The van der Waals surface area contributed by atoms with Crippen LogP contribution in [0.1, 0.15) is 35.8 Å². The molecule has 0 bridgehead atoms. The Labute approximate surface area is 170 Å². The highest BCUT2D eigenvalue weighted by Gasteiger charge is 2.34. The number of nitrogens with one attached hydrogen (secondary N) is 3. The van der Waals surface area contributed by atoms with Crippen molar-refractivity contribution in [3.63, 3.8) is 0 Å². The van der Waals surface area contributed by atoms with Gasteiger partial charge in [-0.05, 0) is 49.7 Å². The molecule has 1 aliphatic rings. The fourth-order valence-electron chi connectivity index (χ4n) is 3.39. The van der Waals surface area contributed by atoms with Gasteiger partial charge in [-0.2, -0.15) is 0 Å². The quantitative estimate of drug-likeness (QED) is 0.696. The number of hydrogen-bond donors (Lipinski definition) is 3. The third-order valence-corrected chi connectivity index (χ3v) is 5.23. The van der Waals surface area contributed by atoms with E-state index in [0.29, 0.717) is 35.9 Å². The van der Waals surface area contributed by atoms with E-state index >= 15 is 0 Å². The van der Waals surface area contributed by atoms with Crippen molar-refractivity contribution in [1.82, 2.24) is 15.8 Å². The van der Waals surface area contributed by atoms with Crippen LogP contribution in [0.3, 0.4) is 0 Å². The van der Waals surface area contributed by atoms with Gasteiger partial charge in [-0.1, -0.05) is 29.8 Å². The van der Waals surface area contributed by atoms with Crippen LogP contribution in [0.5, 0.6) is 0 Å². The number of amides is 2. The van der Waals surface area contributed by atoms with Crippen LogP contribution in [-0.4, -0.2) is 36.3 Å². The molecule has 1 aliphatic heterocycles. The summed E-state index contributed by atoms with van der Waals surface area (Å²) in [6.07, 6.45) is 0. The summed E-state index contributed by atoms with van der Waals surface area (Å²) in [6.45, 7) is 5.70. The molecule has 0 spiro atoms. The standard InChI is InChI=1S/C21H25ClN4O2/c1-3-26(4-2)21(28)15-6-5-7-17(12-15)24-20(27)18-13-23-25-19(18)14-8-10-16(22)11-9-14/h5-12,18-19,23,25H,3-4,13H2,1-2H3,(H,24,27). The summed E-state index contributed by atoms with van der Waals surface area (Å²) >= 11 is 5.96. The number of anilines is 1. The summed E-state index contributed by atoms with van der Waals surface area (Å²) < 4.78 is 0. The van der Waals surface area contributed by atoms with Gasteiger partial charge in [-0.3, -0.25) is 15.0 Å². The molecule has 148 valence electrons. The van der Waals surface area contributed by atoms with Crippen molar-refractivity contribution in [3.8, 4) is 0 Å². The fraction of sp³-hybridized carbons (Fsp3) is 0.333. The second-order valence-electron chi connectivity index (χ2n) is 6.71. The Bertz CT molecular complexity index is 837. The van der Waals surface area contributed by atoms with Crippen LogP contribution in [0.2, 0.25) is 5.02 Å². The van der Waals surface area contributed by atoms with E-state index in [2.05, 4.69) is 16.2 Å². The van der Waals surface area contributed by atoms with E-state index in [-0.39, 0.29) is 23.8 Å². The Kier molecular flexibility index (Phi) is 6.67. The van der Waals surface area contributed by atoms with Crippen LogP contribution in [-0.2, 0) is 4.79 Å². The smallest absolute Gasteiger partial charge is 0.253 e. The predicted octanol–water partition coefficient (Wildman–Crippen LogP) is 3.23. The highest BCUT2D eigenvalue weighted by atomic mass is 35.5. The number of rotatable bonds is 6. The number of benzene rings is 2. The van der Waals surface area contributed by atoms with Crippen LogP contribution in [0.4, 0.5) is 5.69 Å². The van der Waals surface area contributed by atoms with Crippen molar-refractivity contribution < 1.29 is 9.59 Å². The lowest BCUT2D eigenvalue weighted by Gasteiger charge is -2.20. The molecule has 2 aromatic carbocycles. The highest BCUT2D eigenvalue weighted by Crippen LogP contribution is 2.27. The molecule has 2 atom stereocenters. The topological polar surface area (TPSA) is 73.5 Å². The minimum atomic E-state index is -0.289. The molecule has 2 amide bonds. The molecule has 1 fully saturated rings. The van der Waals surface area contributed by atoms with Crippen LogP contribution in [0.15, 0.2) is 48.5 Å². The van der Waals surface area contributed by atoms with E-state index in [1.54, 1.807) is 29.2 Å². The number of nitrogens with zero attached hydrogens (tertiary/aromatic N) is 1. The normalized spacial score (nSPS) is 18.7. The van der Waals surface area contributed by atoms with E-state index in [0.717, 1.165) is 5.56 Å². The Morgan fingerprint density at radius 2 is 1.86 bits per heavy atom. The SMILES string of the molecule is CCN(CC)C(=O)c1cccc(NC(=O)C2CNNC2c2ccc(Cl)cc2)c1. The molecule has 3 rings (SSSR count). The van der Waals surface area contributed by atoms with Gasteiger partial charge in [-0.25, -0.2) is 5.43 Å². The summed E-state index contributed by atoms with van der Waals surface area (Å²) in [5, 5.41) is 3.61. The monoisotopic (exact) mass is 400 g/mol. The second kappa shape index (κ2) is 9.19. The Hall–Kier alpha value is -2.41. The van der Waals surface area contributed by atoms with Gasteiger partial charge in [0.05, 0.1) is 12.0 Å². The first kappa shape index (κ1) is 20.3. The van der Waals surface area contributed by atoms with Crippen LogP contribution < -0.4 is 16.2 Å². The molecule has 1 saturated heterocycles. The maximum Gasteiger partial charge on any atom is 0.253 e. The maximum atomic E-state index is 12.9. The molecule has 0 aromatic heterocycles. The van der Waals surface area contributed by atoms with Gasteiger partial charge < -0.3 is 10.2 Å². The van der Waals surface area contributed by atoms with E-state index in [9.17, 15) is 9.59 Å². The van der Waals surface area contributed by atoms with E-state index in [1.165, 1.54) is 0 Å². The first-order chi connectivity index (χ1) is 13.5. The van der Waals surface area contributed by atoms with Crippen molar-refractivity contribution in [2.75, 3.05) is 25.0 Å². The Morgan fingerprint density at radius 3 is 2.54 bits per heavy atom. The third kappa shape index (κ3) is 4.52. The molecule has 7 heteroatoms. The van der Waals surface area contributed by atoms with Crippen LogP contribution >= 0.6 is 11.6 Å². The fourth-order valence-corrected chi connectivity index (χ4v) is 3.51. The molecule has 2 unspecified atom stereocenters. The third-order valence-electron chi connectivity index (χ3n) is 4.98.